The van der Waals surface area contributed by atoms with Gasteiger partial charge < -0.3 is 10.1 Å². The van der Waals surface area contributed by atoms with Gasteiger partial charge in [-0.15, -0.1) is 0 Å². The number of benzene rings is 1. The molecule has 0 amide bonds. The summed E-state index contributed by atoms with van der Waals surface area (Å²) in [6.07, 6.45) is 0.381. The van der Waals surface area contributed by atoms with Crippen LogP contribution in [0.1, 0.15) is 5.56 Å². The van der Waals surface area contributed by atoms with Gasteiger partial charge in [0, 0.05) is 17.5 Å². The molecule has 1 aliphatic rings. The van der Waals surface area contributed by atoms with E-state index in [2.05, 4.69) is 5.32 Å². The fourth-order valence-corrected chi connectivity index (χ4v) is 2.32. The summed E-state index contributed by atoms with van der Waals surface area (Å²) in [6.45, 7) is 1.12. The van der Waals surface area contributed by atoms with Crippen molar-refractivity contribution >= 4 is 17.4 Å². The van der Waals surface area contributed by atoms with E-state index in [1.807, 2.05) is 31.3 Å². The molecule has 2 atom stereocenters. The van der Waals surface area contributed by atoms with Crippen molar-refractivity contribution in [3.63, 3.8) is 0 Å². The Morgan fingerprint density at radius 2 is 2.24 bits per heavy atom. The summed E-state index contributed by atoms with van der Waals surface area (Å²) in [5.74, 6) is 0.131. The third kappa shape index (κ3) is 2.86. The average molecular weight is 254 g/mol. The Balaban J connectivity index is 2.04. The SMILES string of the molecule is CNC1COCC1C(=O)Cc1ccccc1Cl. The number of Topliss-reactive ketones (excluding diaryl/α,β-unsaturated/α-hetero) is 1. The number of carbonyl (C=O) groups is 1. The molecule has 1 aliphatic heterocycles. The van der Waals surface area contributed by atoms with Gasteiger partial charge in [0.05, 0.1) is 19.1 Å². The molecule has 0 spiro atoms. The number of nitrogens with one attached hydrogen (secondary N) is 1. The highest BCUT2D eigenvalue weighted by atomic mass is 35.5. The van der Waals surface area contributed by atoms with Crippen molar-refractivity contribution in [3.05, 3.63) is 34.9 Å². The molecule has 1 aromatic carbocycles. The van der Waals surface area contributed by atoms with Crippen molar-refractivity contribution in [2.24, 2.45) is 5.92 Å². The summed E-state index contributed by atoms with van der Waals surface area (Å²) in [7, 11) is 1.86. The molecule has 0 aromatic heterocycles. The van der Waals surface area contributed by atoms with E-state index in [4.69, 9.17) is 16.3 Å². The van der Waals surface area contributed by atoms with E-state index in [9.17, 15) is 4.79 Å². The van der Waals surface area contributed by atoms with Crippen molar-refractivity contribution < 1.29 is 9.53 Å². The van der Waals surface area contributed by atoms with E-state index in [0.717, 1.165) is 5.56 Å². The second kappa shape index (κ2) is 5.63. The third-order valence-electron chi connectivity index (χ3n) is 3.19. The molecule has 1 heterocycles. The monoisotopic (exact) mass is 253 g/mol. The minimum atomic E-state index is -0.0590. The van der Waals surface area contributed by atoms with Crippen LogP contribution in [0.3, 0.4) is 0 Å². The van der Waals surface area contributed by atoms with Crippen molar-refractivity contribution in [2.75, 3.05) is 20.3 Å². The molecule has 2 rings (SSSR count). The van der Waals surface area contributed by atoms with Crippen LogP contribution in [-0.2, 0) is 16.0 Å². The summed E-state index contributed by atoms with van der Waals surface area (Å²) in [6, 6.07) is 7.60. The summed E-state index contributed by atoms with van der Waals surface area (Å²) in [5, 5.41) is 3.77. The smallest absolute Gasteiger partial charge is 0.144 e. The summed E-state index contributed by atoms with van der Waals surface area (Å²) in [5.41, 5.74) is 0.890. The molecule has 1 fully saturated rings. The first kappa shape index (κ1) is 12.6. The van der Waals surface area contributed by atoms with Gasteiger partial charge in [-0.3, -0.25) is 4.79 Å². The van der Waals surface area contributed by atoms with Gasteiger partial charge in [-0.1, -0.05) is 29.8 Å². The fraction of sp³-hybridized carbons (Fsp3) is 0.462. The first-order valence-electron chi connectivity index (χ1n) is 5.73. The lowest BCUT2D eigenvalue weighted by atomic mass is 9.94. The van der Waals surface area contributed by atoms with Gasteiger partial charge in [-0.05, 0) is 18.7 Å². The number of ether oxygens (including phenoxy) is 1. The van der Waals surface area contributed by atoms with Gasteiger partial charge in [0.15, 0.2) is 0 Å². The number of carbonyl (C=O) groups excluding carboxylic acids is 1. The molecule has 92 valence electrons. The van der Waals surface area contributed by atoms with Gasteiger partial charge in [0.1, 0.15) is 5.78 Å². The maximum absolute atomic E-state index is 12.2. The van der Waals surface area contributed by atoms with E-state index in [1.54, 1.807) is 0 Å². The summed E-state index contributed by atoms with van der Waals surface area (Å²) < 4.78 is 5.33. The summed E-state index contributed by atoms with van der Waals surface area (Å²) in [4.78, 5) is 12.2. The first-order chi connectivity index (χ1) is 8.22. The van der Waals surface area contributed by atoms with Crippen LogP contribution in [0, 0.1) is 5.92 Å². The highest BCUT2D eigenvalue weighted by Crippen LogP contribution is 2.20. The van der Waals surface area contributed by atoms with Crippen LogP contribution < -0.4 is 5.32 Å². The van der Waals surface area contributed by atoms with Gasteiger partial charge in [0.25, 0.3) is 0 Å². The van der Waals surface area contributed by atoms with Crippen LogP contribution in [0.2, 0.25) is 5.02 Å². The molecule has 17 heavy (non-hydrogen) atoms. The van der Waals surface area contributed by atoms with E-state index in [-0.39, 0.29) is 17.7 Å². The zero-order valence-electron chi connectivity index (χ0n) is 9.78. The van der Waals surface area contributed by atoms with E-state index in [1.165, 1.54) is 0 Å². The molecule has 1 N–H and O–H groups in total. The standard InChI is InChI=1S/C13H16ClNO2/c1-15-12-8-17-7-10(12)13(16)6-9-4-2-3-5-11(9)14/h2-5,10,12,15H,6-8H2,1H3. The van der Waals surface area contributed by atoms with Crippen LogP contribution in [0.4, 0.5) is 0 Å². The number of ketones is 1. The number of likely N-dealkylation sites (N-methyl/N-ethyl adjacent to an activating group) is 1. The first-order valence-corrected chi connectivity index (χ1v) is 6.11. The molecule has 2 unspecified atom stereocenters. The molecule has 0 radical (unpaired) electrons. The van der Waals surface area contributed by atoms with Crippen molar-refractivity contribution in [1.29, 1.82) is 0 Å². The lowest BCUT2D eigenvalue weighted by Gasteiger charge is -2.15. The maximum atomic E-state index is 12.2. The molecule has 1 aromatic rings. The molecular formula is C13H16ClNO2. The highest BCUT2D eigenvalue weighted by Gasteiger charge is 2.32. The average Bonchev–Trinajstić information content (AvgIpc) is 2.80. The number of hydrogen-bond acceptors (Lipinski definition) is 3. The minimum absolute atomic E-state index is 0.0590. The Morgan fingerprint density at radius 3 is 2.94 bits per heavy atom. The molecule has 0 saturated carbocycles. The quantitative estimate of drug-likeness (QED) is 0.888. The molecule has 0 bridgehead atoms. The van der Waals surface area contributed by atoms with Crippen LogP contribution in [0.5, 0.6) is 0 Å². The van der Waals surface area contributed by atoms with Gasteiger partial charge in [-0.25, -0.2) is 0 Å². The second-order valence-corrected chi connectivity index (χ2v) is 4.68. The lowest BCUT2D eigenvalue weighted by Crippen LogP contribution is -2.37. The summed E-state index contributed by atoms with van der Waals surface area (Å²) >= 11 is 6.05. The molecule has 4 heteroatoms. The largest absolute Gasteiger partial charge is 0.379 e. The predicted octanol–water partition coefficient (Wildman–Crippen LogP) is 1.69. The highest BCUT2D eigenvalue weighted by molar-refractivity contribution is 6.31. The Morgan fingerprint density at radius 1 is 1.47 bits per heavy atom. The topological polar surface area (TPSA) is 38.3 Å². The van der Waals surface area contributed by atoms with E-state index < -0.39 is 0 Å². The van der Waals surface area contributed by atoms with Crippen molar-refractivity contribution in [3.8, 4) is 0 Å². The zero-order valence-corrected chi connectivity index (χ0v) is 10.5. The van der Waals surface area contributed by atoms with Crippen molar-refractivity contribution in [2.45, 2.75) is 12.5 Å². The Labute approximate surface area is 106 Å². The normalized spacial score (nSPS) is 23.9. The number of halogens is 1. The number of hydrogen-bond donors (Lipinski definition) is 1. The van der Waals surface area contributed by atoms with Crippen LogP contribution >= 0.6 is 11.6 Å². The lowest BCUT2D eigenvalue weighted by molar-refractivity contribution is -0.122. The molecule has 0 aliphatic carbocycles. The fourth-order valence-electron chi connectivity index (χ4n) is 2.12. The molecule has 1 saturated heterocycles. The van der Waals surface area contributed by atoms with Gasteiger partial charge in [0.2, 0.25) is 0 Å². The molecule has 3 nitrogen and oxygen atoms in total. The second-order valence-electron chi connectivity index (χ2n) is 4.27. The Kier molecular flexibility index (Phi) is 4.15. The van der Waals surface area contributed by atoms with E-state index >= 15 is 0 Å². The zero-order chi connectivity index (χ0) is 12.3. The minimum Gasteiger partial charge on any atom is -0.379 e. The van der Waals surface area contributed by atoms with E-state index in [0.29, 0.717) is 24.7 Å². The van der Waals surface area contributed by atoms with Crippen LogP contribution in [0.15, 0.2) is 24.3 Å². The third-order valence-corrected chi connectivity index (χ3v) is 3.56. The van der Waals surface area contributed by atoms with Gasteiger partial charge in [-0.2, -0.15) is 0 Å². The van der Waals surface area contributed by atoms with Crippen LogP contribution in [0.25, 0.3) is 0 Å². The maximum Gasteiger partial charge on any atom is 0.144 e. The Bertz CT molecular complexity index is 408. The Hall–Kier alpha value is -0.900. The number of rotatable bonds is 4. The van der Waals surface area contributed by atoms with Crippen LogP contribution in [-0.4, -0.2) is 32.1 Å². The molecular weight excluding hydrogens is 238 g/mol. The predicted molar refractivity (Wildman–Crippen MR) is 67.3 cm³/mol. The van der Waals surface area contributed by atoms with Gasteiger partial charge >= 0.3 is 0 Å². The van der Waals surface area contributed by atoms with Crippen molar-refractivity contribution in [1.82, 2.24) is 5.32 Å².